The molecule has 0 saturated heterocycles. The number of carboxylic acids is 1. The van der Waals surface area contributed by atoms with Crippen molar-refractivity contribution in [2.75, 3.05) is 13.1 Å². The maximum Gasteiger partial charge on any atom is 0.304 e. The van der Waals surface area contributed by atoms with Crippen molar-refractivity contribution < 1.29 is 9.90 Å². The average Bonchev–Trinajstić information content (AvgIpc) is 2.28. The van der Waals surface area contributed by atoms with Gasteiger partial charge in [0.25, 0.3) is 0 Å². The minimum absolute atomic E-state index is 0.229. The lowest BCUT2D eigenvalue weighted by Gasteiger charge is -2.34. The molecule has 86 valence electrons. The normalized spacial score (nSPS) is 20.4. The first kappa shape index (κ1) is 11.1. The smallest absolute Gasteiger partial charge is 0.304 e. The number of rotatable bonds is 3. The molecule has 1 aromatic rings. The number of benzene rings is 1. The molecule has 1 aliphatic heterocycles. The van der Waals surface area contributed by atoms with Crippen molar-refractivity contribution in [1.29, 1.82) is 0 Å². The van der Waals surface area contributed by atoms with Gasteiger partial charge >= 0.3 is 5.97 Å². The number of carbonyl (C=O) groups is 1. The van der Waals surface area contributed by atoms with Crippen LogP contribution in [0.15, 0.2) is 24.3 Å². The van der Waals surface area contributed by atoms with E-state index in [4.69, 9.17) is 5.11 Å². The summed E-state index contributed by atoms with van der Waals surface area (Å²) >= 11 is 0. The fraction of sp³-hybridized carbons (Fsp3) is 0.462. The van der Waals surface area contributed by atoms with Gasteiger partial charge in [0.2, 0.25) is 0 Å². The first-order chi connectivity index (χ1) is 7.68. The SMILES string of the molecule is CC1c2ccccc2CCN1CCC(=O)O. The molecule has 3 heteroatoms. The second-order valence-electron chi connectivity index (χ2n) is 4.30. The van der Waals surface area contributed by atoms with Crippen molar-refractivity contribution in [3.05, 3.63) is 35.4 Å². The van der Waals surface area contributed by atoms with Crippen LogP contribution in [0.2, 0.25) is 0 Å². The van der Waals surface area contributed by atoms with Gasteiger partial charge in [-0.3, -0.25) is 9.69 Å². The number of fused-ring (bicyclic) bond motifs is 1. The fourth-order valence-electron chi connectivity index (χ4n) is 2.37. The number of carboxylic acid groups (broad SMARTS) is 1. The molecule has 0 fully saturated rings. The van der Waals surface area contributed by atoms with E-state index < -0.39 is 5.97 Å². The summed E-state index contributed by atoms with van der Waals surface area (Å²) in [5.41, 5.74) is 2.75. The average molecular weight is 219 g/mol. The van der Waals surface area contributed by atoms with Gasteiger partial charge in [0, 0.05) is 19.1 Å². The molecule has 1 aliphatic rings. The zero-order valence-electron chi connectivity index (χ0n) is 9.52. The van der Waals surface area contributed by atoms with Gasteiger partial charge < -0.3 is 5.11 Å². The van der Waals surface area contributed by atoms with Crippen LogP contribution in [0.3, 0.4) is 0 Å². The maximum absolute atomic E-state index is 10.6. The van der Waals surface area contributed by atoms with Crippen molar-refractivity contribution in [2.24, 2.45) is 0 Å². The maximum atomic E-state index is 10.6. The summed E-state index contributed by atoms with van der Waals surface area (Å²) in [5.74, 6) is -0.717. The second kappa shape index (κ2) is 4.66. The van der Waals surface area contributed by atoms with Crippen LogP contribution < -0.4 is 0 Å². The molecule has 2 rings (SSSR count). The van der Waals surface area contributed by atoms with Crippen molar-refractivity contribution in [1.82, 2.24) is 4.90 Å². The van der Waals surface area contributed by atoms with Gasteiger partial charge in [0.1, 0.15) is 0 Å². The minimum atomic E-state index is -0.717. The lowest BCUT2D eigenvalue weighted by molar-refractivity contribution is -0.137. The Bertz CT molecular complexity index is 389. The summed E-state index contributed by atoms with van der Waals surface area (Å²) in [6.45, 7) is 3.76. The summed E-state index contributed by atoms with van der Waals surface area (Å²) in [4.78, 5) is 12.8. The molecular weight excluding hydrogens is 202 g/mol. The van der Waals surface area contributed by atoms with Gasteiger partial charge in [0.05, 0.1) is 6.42 Å². The van der Waals surface area contributed by atoms with Gasteiger partial charge in [-0.15, -0.1) is 0 Å². The van der Waals surface area contributed by atoms with E-state index in [0.717, 1.165) is 13.0 Å². The van der Waals surface area contributed by atoms with E-state index in [0.29, 0.717) is 12.6 Å². The third-order valence-corrected chi connectivity index (χ3v) is 3.33. The Kier molecular flexibility index (Phi) is 3.25. The first-order valence-electron chi connectivity index (χ1n) is 5.72. The summed E-state index contributed by atoms with van der Waals surface area (Å²) in [6, 6.07) is 8.77. The van der Waals surface area contributed by atoms with Crippen molar-refractivity contribution in [3.63, 3.8) is 0 Å². The number of hydrogen-bond acceptors (Lipinski definition) is 2. The Morgan fingerprint density at radius 3 is 3.00 bits per heavy atom. The quantitative estimate of drug-likeness (QED) is 0.846. The molecule has 1 atom stereocenters. The molecule has 0 saturated carbocycles. The van der Waals surface area contributed by atoms with Crippen LogP contribution in [0.1, 0.15) is 30.5 Å². The van der Waals surface area contributed by atoms with Gasteiger partial charge in [-0.1, -0.05) is 24.3 Å². The largest absolute Gasteiger partial charge is 0.481 e. The van der Waals surface area contributed by atoms with E-state index in [2.05, 4.69) is 36.1 Å². The topological polar surface area (TPSA) is 40.5 Å². The van der Waals surface area contributed by atoms with Crippen LogP contribution in [0.5, 0.6) is 0 Å². The molecule has 1 heterocycles. The highest BCUT2D eigenvalue weighted by atomic mass is 16.4. The van der Waals surface area contributed by atoms with E-state index in [9.17, 15) is 4.79 Å². The van der Waals surface area contributed by atoms with Gasteiger partial charge in [-0.2, -0.15) is 0 Å². The zero-order valence-corrected chi connectivity index (χ0v) is 9.52. The van der Waals surface area contributed by atoms with Crippen molar-refractivity contribution in [2.45, 2.75) is 25.8 Å². The Morgan fingerprint density at radius 2 is 2.25 bits per heavy atom. The Balaban J connectivity index is 2.09. The van der Waals surface area contributed by atoms with Gasteiger partial charge in [0.15, 0.2) is 0 Å². The lowest BCUT2D eigenvalue weighted by Crippen LogP contribution is -2.35. The molecule has 1 N–H and O–H groups in total. The standard InChI is InChI=1S/C13H17NO2/c1-10-12-5-3-2-4-11(12)6-8-14(10)9-7-13(15)16/h2-5,10H,6-9H2,1H3,(H,15,16). The minimum Gasteiger partial charge on any atom is -0.481 e. The molecule has 0 radical (unpaired) electrons. The van der Waals surface area contributed by atoms with Crippen molar-refractivity contribution in [3.8, 4) is 0 Å². The van der Waals surface area contributed by atoms with Crippen LogP contribution in [-0.4, -0.2) is 29.1 Å². The molecule has 0 spiro atoms. The van der Waals surface area contributed by atoms with E-state index in [1.807, 2.05) is 0 Å². The van der Waals surface area contributed by atoms with Crippen LogP contribution in [0.4, 0.5) is 0 Å². The zero-order chi connectivity index (χ0) is 11.5. The predicted molar refractivity (Wildman–Crippen MR) is 62.4 cm³/mol. The Morgan fingerprint density at radius 1 is 1.50 bits per heavy atom. The number of nitrogens with zero attached hydrogens (tertiary/aromatic N) is 1. The third kappa shape index (κ3) is 2.25. The van der Waals surface area contributed by atoms with Gasteiger partial charge in [-0.05, 0) is 24.5 Å². The Labute approximate surface area is 95.7 Å². The molecular formula is C13H17NO2. The summed E-state index contributed by atoms with van der Waals surface area (Å²) in [5, 5.41) is 8.70. The summed E-state index contributed by atoms with van der Waals surface area (Å²) in [6.07, 6.45) is 1.26. The molecule has 0 bridgehead atoms. The van der Waals surface area contributed by atoms with Crippen LogP contribution in [0, 0.1) is 0 Å². The molecule has 1 aromatic carbocycles. The Hall–Kier alpha value is -1.35. The molecule has 3 nitrogen and oxygen atoms in total. The number of aliphatic carboxylic acids is 1. The molecule has 0 amide bonds. The van der Waals surface area contributed by atoms with Crippen molar-refractivity contribution >= 4 is 5.97 Å². The van der Waals surface area contributed by atoms with Crippen LogP contribution in [0.25, 0.3) is 0 Å². The van der Waals surface area contributed by atoms with Gasteiger partial charge in [-0.25, -0.2) is 0 Å². The second-order valence-corrected chi connectivity index (χ2v) is 4.30. The fourth-order valence-corrected chi connectivity index (χ4v) is 2.37. The van der Waals surface area contributed by atoms with E-state index in [-0.39, 0.29) is 6.42 Å². The van der Waals surface area contributed by atoms with Crippen LogP contribution in [-0.2, 0) is 11.2 Å². The van der Waals surface area contributed by atoms with Crippen LogP contribution >= 0.6 is 0 Å². The van der Waals surface area contributed by atoms with E-state index >= 15 is 0 Å². The highest BCUT2D eigenvalue weighted by molar-refractivity contribution is 5.66. The lowest BCUT2D eigenvalue weighted by atomic mass is 9.93. The summed E-state index contributed by atoms with van der Waals surface area (Å²) in [7, 11) is 0. The summed E-state index contributed by atoms with van der Waals surface area (Å²) < 4.78 is 0. The monoisotopic (exact) mass is 219 g/mol. The van der Waals surface area contributed by atoms with E-state index in [1.165, 1.54) is 11.1 Å². The van der Waals surface area contributed by atoms with E-state index in [1.54, 1.807) is 0 Å². The molecule has 0 aliphatic carbocycles. The molecule has 1 unspecified atom stereocenters. The molecule has 0 aromatic heterocycles. The number of hydrogen-bond donors (Lipinski definition) is 1. The third-order valence-electron chi connectivity index (χ3n) is 3.33. The highest BCUT2D eigenvalue weighted by Crippen LogP contribution is 2.28. The highest BCUT2D eigenvalue weighted by Gasteiger charge is 2.23. The predicted octanol–water partition coefficient (Wildman–Crippen LogP) is 2.08. The first-order valence-corrected chi connectivity index (χ1v) is 5.72. The molecule has 16 heavy (non-hydrogen) atoms.